The molecule has 1 aliphatic heterocycles. The minimum Gasteiger partial charge on any atom is -0.481 e. The maximum absolute atomic E-state index is 12.0. The zero-order valence-electron chi connectivity index (χ0n) is 13.4. The van der Waals surface area contributed by atoms with Crippen LogP contribution in [0.25, 0.3) is 0 Å². The lowest BCUT2D eigenvalue weighted by atomic mass is 9.62. The van der Waals surface area contributed by atoms with Crippen LogP contribution in [0.1, 0.15) is 71.1 Å². The fourth-order valence-corrected chi connectivity index (χ4v) is 5.56. The molecule has 1 heterocycles. The molecule has 3 nitrogen and oxygen atoms in total. The van der Waals surface area contributed by atoms with E-state index in [0.29, 0.717) is 29.8 Å². The van der Waals surface area contributed by atoms with Crippen molar-refractivity contribution in [1.82, 2.24) is 5.32 Å². The van der Waals surface area contributed by atoms with Gasteiger partial charge in [-0.2, -0.15) is 0 Å². The topological polar surface area (TPSA) is 49.3 Å². The third kappa shape index (κ3) is 2.99. The number of nitrogens with one attached hydrogen (secondary N) is 1. The molecule has 0 aromatic carbocycles. The van der Waals surface area contributed by atoms with Crippen LogP contribution in [0, 0.1) is 23.7 Å². The van der Waals surface area contributed by atoms with Crippen LogP contribution in [0.3, 0.4) is 0 Å². The lowest BCUT2D eigenvalue weighted by Crippen LogP contribution is -2.61. The van der Waals surface area contributed by atoms with Crippen molar-refractivity contribution in [2.75, 3.05) is 0 Å². The summed E-state index contributed by atoms with van der Waals surface area (Å²) >= 11 is 0. The van der Waals surface area contributed by atoms with Crippen LogP contribution in [0.2, 0.25) is 0 Å². The summed E-state index contributed by atoms with van der Waals surface area (Å²) < 4.78 is 0. The molecule has 3 fully saturated rings. The van der Waals surface area contributed by atoms with Gasteiger partial charge in [-0.25, -0.2) is 0 Å². The molecule has 2 saturated carbocycles. The van der Waals surface area contributed by atoms with Crippen molar-refractivity contribution < 1.29 is 9.90 Å². The van der Waals surface area contributed by atoms with Crippen LogP contribution in [-0.4, -0.2) is 23.2 Å². The molecule has 1 saturated heterocycles. The molecule has 0 aromatic rings. The Bertz CT molecular complexity index is 364. The third-order valence-corrected chi connectivity index (χ3v) is 6.52. The molecule has 3 rings (SSSR count). The monoisotopic (exact) mass is 293 g/mol. The summed E-state index contributed by atoms with van der Waals surface area (Å²) in [4.78, 5) is 12.0. The summed E-state index contributed by atoms with van der Waals surface area (Å²) in [6.45, 7) is 2.20. The molecule has 5 unspecified atom stereocenters. The highest BCUT2D eigenvalue weighted by Crippen LogP contribution is 2.44. The van der Waals surface area contributed by atoms with Crippen molar-refractivity contribution in [2.45, 2.75) is 83.2 Å². The lowest BCUT2D eigenvalue weighted by molar-refractivity contribution is -0.151. The summed E-state index contributed by atoms with van der Waals surface area (Å²) in [6, 6.07) is 0.922. The van der Waals surface area contributed by atoms with Crippen LogP contribution in [0.15, 0.2) is 0 Å². The Morgan fingerprint density at radius 1 is 1.05 bits per heavy atom. The second-order valence-corrected chi connectivity index (χ2v) is 7.58. The number of carboxylic acid groups (broad SMARTS) is 1. The Hall–Kier alpha value is -0.570. The number of rotatable bonds is 3. The van der Waals surface area contributed by atoms with E-state index in [4.69, 9.17) is 0 Å². The van der Waals surface area contributed by atoms with Gasteiger partial charge >= 0.3 is 5.97 Å². The Balaban J connectivity index is 1.83. The zero-order chi connectivity index (χ0) is 14.8. The minimum atomic E-state index is -0.527. The molecule has 3 heteroatoms. The predicted molar refractivity (Wildman–Crippen MR) is 84.2 cm³/mol. The molecule has 0 spiro atoms. The second-order valence-electron chi connectivity index (χ2n) is 7.58. The van der Waals surface area contributed by atoms with E-state index in [0.717, 1.165) is 12.8 Å². The molecule has 3 aliphatic rings. The van der Waals surface area contributed by atoms with Crippen LogP contribution >= 0.6 is 0 Å². The molecular weight excluding hydrogens is 262 g/mol. The fourth-order valence-electron chi connectivity index (χ4n) is 5.56. The van der Waals surface area contributed by atoms with Crippen LogP contribution in [-0.2, 0) is 4.79 Å². The predicted octanol–water partition coefficient (Wildman–Crippen LogP) is 3.82. The number of aliphatic carboxylic acids is 1. The van der Waals surface area contributed by atoms with E-state index < -0.39 is 5.97 Å². The van der Waals surface area contributed by atoms with E-state index in [1.54, 1.807) is 0 Å². The van der Waals surface area contributed by atoms with Crippen molar-refractivity contribution in [1.29, 1.82) is 0 Å². The van der Waals surface area contributed by atoms with E-state index in [2.05, 4.69) is 12.2 Å². The Kier molecular flexibility index (Phi) is 4.88. The molecule has 5 atom stereocenters. The standard InChI is InChI=1S/C18H31NO2/c1-2-13-16(18(20)21)14-10-6-7-11-15(14)19-17(13)12-8-4-3-5-9-12/h12-17,19H,2-11H2,1H3,(H,20,21). The van der Waals surface area contributed by atoms with E-state index >= 15 is 0 Å². The minimum absolute atomic E-state index is 0.103. The second kappa shape index (κ2) is 6.68. The first-order chi connectivity index (χ1) is 10.2. The van der Waals surface area contributed by atoms with Gasteiger partial charge in [0.2, 0.25) is 0 Å². The summed E-state index contributed by atoms with van der Waals surface area (Å²) in [7, 11) is 0. The van der Waals surface area contributed by atoms with E-state index in [1.807, 2.05) is 0 Å². The maximum atomic E-state index is 12.0. The fraction of sp³-hybridized carbons (Fsp3) is 0.944. The van der Waals surface area contributed by atoms with E-state index in [1.165, 1.54) is 51.4 Å². The average Bonchev–Trinajstić information content (AvgIpc) is 2.53. The number of carbonyl (C=O) groups is 1. The summed E-state index contributed by atoms with van der Waals surface area (Å²) in [5, 5.41) is 13.8. The number of carboxylic acids is 1. The highest BCUT2D eigenvalue weighted by molar-refractivity contribution is 5.71. The smallest absolute Gasteiger partial charge is 0.307 e. The summed E-state index contributed by atoms with van der Waals surface area (Å²) in [5.41, 5.74) is 0. The van der Waals surface area contributed by atoms with Crippen LogP contribution < -0.4 is 5.32 Å². The number of piperidine rings is 1. The first-order valence-electron chi connectivity index (χ1n) is 9.21. The SMILES string of the molecule is CCC1C(C2CCCCC2)NC2CCCCC2C1C(=O)O. The summed E-state index contributed by atoms with van der Waals surface area (Å²) in [5.74, 6) is 0.800. The van der Waals surface area contributed by atoms with E-state index in [9.17, 15) is 9.90 Å². The Morgan fingerprint density at radius 3 is 2.38 bits per heavy atom. The van der Waals surface area contributed by atoms with Gasteiger partial charge in [-0.3, -0.25) is 4.79 Å². The Morgan fingerprint density at radius 2 is 1.71 bits per heavy atom. The summed E-state index contributed by atoms with van der Waals surface area (Å²) in [6.07, 6.45) is 12.5. The lowest BCUT2D eigenvalue weighted by Gasteiger charge is -2.51. The molecule has 0 radical (unpaired) electrons. The van der Waals surface area contributed by atoms with Gasteiger partial charge in [0.1, 0.15) is 0 Å². The third-order valence-electron chi connectivity index (χ3n) is 6.52. The molecule has 0 bridgehead atoms. The molecule has 2 N–H and O–H groups in total. The number of hydrogen-bond donors (Lipinski definition) is 2. The molecule has 0 aromatic heterocycles. The maximum Gasteiger partial charge on any atom is 0.307 e. The highest BCUT2D eigenvalue weighted by Gasteiger charge is 2.49. The largest absolute Gasteiger partial charge is 0.481 e. The highest BCUT2D eigenvalue weighted by atomic mass is 16.4. The van der Waals surface area contributed by atoms with Gasteiger partial charge in [0.25, 0.3) is 0 Å². The average molecular weight is 293 g/mol. The quantitative estimate of drug-likeness (QED) is 0.831. The van der Waals surface area contributed by atoms with Gasteiger partial charge in [-0.1, -0.05) is 45.4 Å². The van der Waals surface area contributed by atoms with Crippen molar-refractivity contribution in [2.24, 2.45) is 23.7 Å². The van der Waals surface area contributed by atoms with Crippen molar-refractivity contribution >= 4 is 5.97 Å². The van der Waals surface area contributed by atoms with Gasteiger partial charge in [0.05, 0.1) is 5.92 Å². The van der Waals surface area contributed by atoms with Gasteiger partial charge in [-0.15, -0.1) is 0 Å². The van der Waals surface area contributed by atoms with Gasteiger partial charge < -0.3 is 10.4 Å². The molecular formula is C18H31NO2. The zero-order valence-corrected chi connectivity index (χ0v) is 13.4. The number of fused-ring (bicyclic) bond motifs is 1. The van der Waals surface area contributed by atoms with Crippen LogP contribution in [0.5, 0.6) is 0 Å². The van der Waals surface area contributed by atoms with E-state index in [-0.39, 0.29) is 5.92 Å². The van der Waals surface area contributed by atoms with Gasteiger partial charge in [-0.05, 0) is 43.4 Å². The van der Waals surface area contributed by atoms with Gasteiger partial charge in [0, 0.05) is 12.1 Å². The van der Waals surface area contributed by atoms with Crippen molar-refractivity contribution in [3.8, 4) is 0 Å². The van der Waals surface area contributed by atoms with Crippen LogP contribution in [0.4, 0.5) is 0 Å². The first-order valence-corrected chi connectivity index (χ1v) is 9.21. The van der Waals surface area contributed by atoms with Crippen molar-refractivity contribution in [3.63, 3.8) is 0 Å². The molecule has 120 valence electrons. The number of hydrogen-bond acceptors (Lipinski definition) is 2. The normalized spacial score (nSPS) is 41.5. The van der Waals surface area contributed by atoms with Gasteiger partial charge in [0.15, 0.2) is 0 Å². The first kappa shape index (κ1) is 15.3. The van der Waals surface area contributed by atoms with Crippen molar-refractivity contribution in [3.05, 3.63) is 0 Å². The Labute approximate surface area is 128 Å². The molecule has 2 aliphatic carbocycles. The molecule has 21 heavy (non-hydrogen) atoms. The molecule has 0 amide bonds.